The zero-order valence-corrected chi connectivity index (χ0v) is 13.8. The van der Waals surface area contributed by atoms with Crippen LogP contribution < -0.4 is 0 Å². The Labute approximate surface area is 138 Å². The van der Waals surface area contributed by atoms with Crippen molar-refractivity contribution in [3.8, 4) is 0 Å². The number of hydrogen-bond donors (Lipinski definition) is 4. The molecule has 5 nitrogen and oxygen atoms in total. The fourth-order valence-corrected chi connectivity index (χ4v) is 3.10. The molecular formula is C18H30O5. The number of carboxylic acid groups (broad SMARTS) is 1. The zero-order chi connectivity index (χ0) is 17.2. The molecule has 0 heterocycles. The van der Waals surface area contributed by atoms with Crippen molar-refractivity contribution >= 4 is 5.97 Å². The molecule has 1 aliphatic rings. The van der Waals surface area contributed by atoms with E-state index in [9.17, 15) is 20.1 Å². The van der Waals surface area contributed by atoms with Gasteiger partial charge in [-0.15, -0.1) is 0 Å². The first kappa shape index (κ1) is 19.9. The van der Waals surface area contributed by atoms with Crippen LogP contribution in [0.5, 0.6) is 0 Å². The molecule has 0 aromatic heterocycles. The minimum Gasteiger partial charge on any atom is -0.481 e. The fourth-order valence-electron chi connectivity index (χ4n) is 3.10. The first-order chi connectivity index (χ1) is 11.0. The summed E-state index contributed by atoms with van der Waals surface area (Å²) in [5, 5.41) is 38.7. The molecular weight excluding hydrogens is 296 g/mol. The van der Waals surface area contributed by atoms with Crippen LogP contribution in [0.3, 0.4) is 0 Å². The highest BCUT2D eigenvalue weighted by molar-refractivity contribution is 5.68. The third-order valence-corrected chi connectivity index (χ3v) is 4.44. The Hall–Kier alpha value is -1.17. The molecule has 0 aliphatic heterocycles. The van der Waals surface area contributed by atoms with Crippen molar-refractivity contribution < 1.29 is 25.2 Å². The molecule has 1 aliphatic carbocycles. The Kier molecular flexibility index (Phi) is 9.14. The molecule has 1 fully saturated rings. The van der Waals surface area contributed by atoms with Gasteiger partial charge >= 0.3 is 5.97 Å². The van der Waals surface area contributed by atoms with E-state index in [-0.39, 0.29) is 18.3 Å². The summed E-state index contributed by atoms with van der Waals surface area (Å²) in [7, 11) is 0. The molecule has 0 bridgehead atoms. The molecule has 5 atom stereocenters. The molecule has 23 heavy (non-hydrogen) atoms. The van der Waals surface area contributed by atoms with Gasteiger partial charge in [0, 0.05) is 12.3 Å². The smallest absolute Gasteiger partial charge is 0.307 e. The summed E-state index contributed by atoms with van der Waals surface area (Å²) in [5.41, 5.74) is 0. The lowest BCUT2D eigenvalue weighted by Gasteiger charge is -2.19. The molecule has 0 aromatic rings. The van der Waals surface area contributed by atoms with Crippen LogP contribution >= 0.6 is 0 Å². The third kappa shape index (κ3) is 7.29. The van der Waals surface area contributed by atoms with Crippen LogP contribution in [-0.4, -0.2) is 44.7 Å². The number of allylic oxidation sites excluding steroid dienone is 1. The average molecular weight is 326 g/mol. The standard InChI is InChI=1S/C18H30O5/c1-2-3-4-7-13(19)10-11-15-14(16(20)12-17(15)21)8-5-6-9-18(22)23/h5-6,10-11,13-17,19-21H,2-4,7-9,12H2,1H3,(H,22,23)/b6-5+,11-10?/t13-,14+,15+,16-,17-/m0/s1. The molecule has 1 saturated carbocycles. The van der Waals surface area contributed by atoms with E-state index in [4.69, 9.17) is 5.11 Å². The first-order valence-electron chi connectivity index (χ1n) is 8.55. The van der Waals surface area contributed by atoms with Crippen molar-refractivity contribution in [1.29, 1.82) is 0 Å². The predicted octanol–water partition coefficient (Wildman–Crippen LogP) is 2.26. The van der Waals surface area contributed by atoms with Gasteiger partial charge in [0.1, 0.15) is 0 Å². The number of aliphatic hydroxyl groups is 3. The van der Waals surface area contributed by atoms with Crippen LogP contribution in [0.15, 0.2) is 24.3 Å². The number of aliphatic hydroxyl groups excluding tert-OH is 3. The number of carbonyl (C=O) groups is 1. The lowest BCUT2D eigenvalue weighted by molar-refractivity contribution is -0.136. The van der Waals surface area contributed by atoms with E-state index in [2.05, 4.69) is 6.92 Å². The molecule has 0 aromatic carbocycles. The molecule has 0 spiro atoms. The van der Waals surface area contributed by atoms with Gasteiger partial charge in [-0.25, -0.2) is 0 Å². The Morgan fingerprint density at radius 3 is 2.61 bits per heavy atom. The van der Waals surface area contributed by atoms with Crippen LogP contribution in [0.1, 0.15) is 51.9 Å². The highest BCUT2D eigenvalue weighted by Crippen LogP contribution is 2.36. The summed E-state index contributed by atoms with van der Waals surface area (Å²) >= 11 is 0. The second-order valence-electron chi connectivity index (χ2n) is 6.36. The lowest BCUT2D eigenvalue weighted by Crippen LogP contribution is -2.20. The highest BCUT2D eigenvalue weighted by Gasteiger charge is 2.39. The van der Waals surface area contributed by atoms with Crippen LogP contribution in [0, 0.1) is 11.8 Å². The van der Waals surface area contributed by atoms with Crippen LogP contribution in [0.25, 0.3) is 0 Å². The Morgan fingerprint density at radius 1 is 1.22 bits per heavy atom. The summed E-state index contributed by atoms with van der Waals surface area (Å²) in [6.07, 6.45) is 9.77. The minimum absolute atomic E-state index is 0.0397. The normalized spacial score (nSPS) is 29.6. The highest BCUT2D eigenvalue weighted by atomic mass is 16.4. The van der Waals surface area contributed by atoms with Gasteiger partial charge in [0.2, 0.25) is 0 Å². The van der Waals surface area contributed by atoms with Gasteiger partial charge < -0.3 is 20.4 Å². The topological polar surface area (TPSA) is 98.0 Å². The van der Waals surface area contributed by atoms with E-state index in [1.165, 1.54) is 0 Å². The van der Waals surface area contributed by atoms with Gasteiger partial charge in [-0.3, -0.25) is 4.79 Å². The largest absolute Gasteiger partial charge is 0.481 e. The maximum absolute atomic E-state index is 10.5. The summed E-state index contributed by atoms with van der Waals surface area (Å²) in [6.45, 7) is 2.11. The summed E-state index contributed by atoms with van der Waals surface area (Å²) in [6, 6.07) is 0. The second-order valence-corrected chi connectivity index (χ2v) is 6.36. The van der Waals surface area contributed by atoms with E-state index < -0.39 is 24.3 Å². The van der Waals surface area contributed by atoms with Gasteiger partial charge in [-0.1, -0.05) is 50.5 Å². The molecule has 4 N–H and O–H groups in total. The number of rotatable bonds is 10. The van der Waals surface area contributed by atoms with Gasteiger partial charge in [-0.2, -0.15) is 0 Å². The van der Waals surface area contributed by atoms with Gasteiger partial charge in [-0.05, 0) is 18.8 Å². The SMILES string of the molecule is CCCCC[C@H](O)C=C[C@@H]1[C@@H](C/C=C/CC(=O)O)[C@@H](O)C[C@@H]1O. The summed E-state index contributed by atoms with van der Waals surface area (Å²) in [4.78, 5) is 10.5. The molecule has 1 rings (SSSR count). The fraction of sp³-hybridized carbons (Fsp3) is 0.722. The predicted molar refractivity (Wildman–Crippen MR) is 88.9 cm³/mol. The van der Waals surface area contributed by atoms with E-state index in [1.54, 1.807) is 18.2 Å². The van der Waals surface area contributed by atoms with Crippen molar-refractivity contribution in [2.45, 2.75) is 70.2 Å². The first-order valence-corrected chi connectivity index (χ1v) is 8.55. The Balaban J connectivity index is 2.54. The van der Waals surface area contributed by atoms with Crippen LogP contribution in [0.2, 0.25) is 0 Å². The van der Waals surface area contributed by atoms with Crippen molar-refractivity contribution in [1.82, 2.24) is 0 Å². The number of carboxylic acids is 1. The van der Waals surface area contributed by atoms with Crippen molar-refractivity contribution in [3.05, 3.63) is 24.3 Å². The van der Waals surface area contributed by atoms with Gasteiger partial charge in [0.05, 0.1) is 24.7 Å². The Morgan fingerprint density at radius 2 is 1.96 bits per heavy atom. The lowest BCUT2D eigenvalue weighted by atomic mass is 9.89. The quantitative estimate of drug-likeness (QED) is 0.365. The minimum atomic E-state index is -0.889. The maximum Gasteiger partial charge on any atom is 0.307 e. The summed E-state index contributed by atoms with van der Waals surface area (Å²) in [5.74, 6) is -1.24. The molecule has 0 saturated heterocycles. The Bertz CT molecular complexity index is 404. The number of hydrogen-bond acceptors (Lipinski definition) is 4. The molecule has 0 radical (unpaired) electrons. The second kappa shape index (κ2) is 10.6. The monoisotopic (exact) mass is 326 g/mol. The van der Waals surface area contributed by atoms with Crippen molar-refractivity contribution in [2.75, 3.05) is 0 Å². The van der Waals surface area contributed by atoms with Crippen LogP contribution in [-0.2, 0) is 4.79 Å². The molecule has 5 heteroatoms. The van der Waals surface area contributed by atoms with Gasteiger partial charge in [0.25, 0.3) is 0 Å². The van der Waals surface area contributed by atoms with Crippen molar-refractivity contribution in [2.24, 2.45) is 11.8 Å². The maximum atomic E-state index is 10.5. The van der Waals surface area contributed by atoms with E-state index >= 15 is 0 Å². The molecule has 0 amide bonds. The van der Waals surface area contributed by atoms with E-state index in [1.807, 2.05) is 6.08 Å². The molecule has 0 unspecified atom stereocenters. The van der Waals surface area contributed by atoms with E-state index in [0.29, 0.717) is 19.3 Å². The third-order valence-electron chi connectivity index (χ3n) is 4.44. The van der Waals surface area contributed by atoms with Crippen LogP contribution in [0.4, 0.5) is 0 Å². The number of aliphatic carboxylic acids is 1. The zero-order valence-electron chi connectivity index (χ0n) is 13.8. The summed E-state index contributed by atoms with van der Waals surface area (Å²) < 4.78 is 0. The number of unbranched alkanes of at least 4 members (excludes halogenated alkanes) is 2. The molecule has 132 valence electrons. The van der Waals surface area contributed by atoms with Crippen molar-refractivity contribution in [3.63, 3.8) is 0 Å². The van der Waals surface area contributed by atoms with Gasteiger partial charge in [0.15, 0.2) is 0 Å². The average Bonchev–Trinajstić information content (AvgIpc) is 2.75. The van der Waals surface area contributed by atoms with E-state index in [0.717, 1.165) is 19.3 Å².